The van der Waals surface area contributed by atoms with Crippen LogP contribution in [0, 0.1) is 0 Å². The molecule has 0 aromatic heterocycles. The standard InChI is InChI=1S/C18H29N5O6/c1-20-9-11-22(12-10-20)13-14(24)19-7-8-21(2)15(25)5-6-18(28)29-23-16(26)3-4-17(23)27/h3-13H2,1-2H3,(H,19,24)/i1+1,9+1,10+1,11+1,12+1,13+1,20+1,22+1. The van der Waals surface area contributed by atoms with Gasteiger partial charge in [0, 0.05) is 65.6 Å². The fraction of sp³-hybridized carbons (Fsp3) is 0.722. The van der Waals surface area contributed by atoms with Gasteiger partial charge in [0.1, 0.15) is 0 Å². The van der Waals surface area contributed by atoms with E-state index in [0.29, 0.717) is 24.7 Å². The van der Waals surface area contributed by atoms with Gasteiger partial charge in [-0.1, -0.05) is 0 Å². The van der Waals surface area contributed by atoms with Gasteiger partial charge in [0.25, 0.3) is 11.8 Å². The third-order valence-electron chi connectivity index (χ3n) is 4.90. The molecule has 11 nitrogen and oxygen atoms in total. The van der Waals surface area contributed by atoms with E-state index in [4.69, 9.17) is 4.84 Å². The summed E-state index contributed by atoms with van der Waals surface area (Å²) in [7, 11) is 3.63. The Kier molecular flexibility index (Phi) is 8.52. The molecule has 2 aliphatic heterocycles. The number of nitrogens with one attached hydrogen (secondary N) is 1. The minimum Gasteiger partial charge on any atom is -0.353 e. The summed E-state index contributed by atoms with van der Waals surface area (Å²) in [5.74, 6) is -2.30. The molecule has 0 aliphatic carbocycles. The number of carbonyl (C=O) groups is 5. The van der Waals surface area contributed by atoms with Gasteiger partial charge in [0.05, 0.1) is 13.0 Å². The zero-order valence-electron chi connectivity index (χ0n) is 17.0. The maximum atomic E-state index is 12.1. The summed E-state index contributed by atoms with van der Waals surface area (Å²) in [5, 5.41) is 3.25. The number of rotatable bonds is 9. The summed E-state index contributed by atoms with van der Waals surface area (Å²) < 4.78 is 0. The zero-order chi connectivity index (χ0) is 21.4. The molecule has 0 spiro atoms. The van der Waals surface area contributed by atoms with Crippen molar-refractivity contribution in [3.05, 3.63) is 0 Å². The molecule has 0 bridgehead atoms. The Balaban J connectivity index is 1.58. The molecule has 2 saturated heterocycles. The van der Waals surface area contributed by atoms with Gasteiger partial charge in [-0.2, -0.15) is 0 Å². The molecule has 11 heteroatoms. The highest BCUT2D eigenvalue weighted by atomic mass is 16.7. The largest absolute Gasteiger partial charge is 0.353 e. The second-order valence-electron chi connectivity index (χ2n) is 7.29. The van der Waals surface area contributed by atoms with Crippen LogP contribution in [0.5, 0.6) is 0 Å². The summed E-state index contributed by atoms with van der Waals surface area (Å²) in [6.07, 6.45) is -0.306. The topological polar surface area (TPSA) is 120 Å². The maximum absolute atomic E-state index is 12.1. The molecule has 29 heavy (non-hydrogen) atoms. The zero-order valence-corrected chi connectivity index (χ0v) is 17.0. The average Bonchev–Trinajstić information content (AvgIpc) is 2.99. The van der Waals surface area contributed by atoms with Crippen LogP contribution in [0.4, 0.5) is 0 Å². The molecule has 0 radical (unpaired) electrons. The highest BCUT2D eigenvalue weighted by Gasteiger charge is 2.32. The number of hydrogen-bond acceptors (Lipinski definition) is 8. The SMILES string of the molecule is CN(CCNC(=O)[13CH2][15N]1[13CH2][13CH2][15N]([13CH3])[13CH2][13CH2]1)C(=O)CCC(=O)ON1C(=O)CCC1=O. The maximum Gasteiger partial charge on any atom is 0.333 e. The fourth-order valence-electron chi connectivity index (χ4n) is 2.96. The molecular formula is C18H29N5O6. The first-order chi connectivity index (χ1) is 13.8. The van der Waals surface area contributed by atoms with Crippen molar-refractivity contribution in [3.63, 3.8) is 0 Å². The van der Waals surface area contributed by atoms with E-state index < -0.39 is 17.8 Å². The van der Waals surface area contributed by atoms with E-state index in [1.807, 2.05) is 0 Å². The van der Waals surface area contributed by atoms with Crippen LogP contribution in [0.25, 0.3) is 0 Å². The van der Waals surface area contributed by atoms with Crippen molar-refractivity contribution in [2.75, 3.05) is 59.9 Å². The van der Waals surface area contributed by atoms with Gasteiger partial charge in [0.15, 0.2) is 0 Å². The van der Waals surface area contributed by atoms with Crippen LogP contribution < -0.4 is 5.32 Å². The Bertz CT molecular complexity index is 631. The van der Waals surface area contributed by atoms with Crippen molar-refractivity contribution in [1.82, 2.24) is 25.1 Å². The number of likely N-dealkylation sites (N-methyl/N-ethyl adjacent to an activating group) is 2. The smallest absolute Gasteiger partial charge is 0.333 e. The average molecular weight is 419 g/mol. The lowest BCUT2D eigenvalue weighted by atomic mass is 10.3. The highest BCUT2D eigenvalue weighted by Crippen LogP contribution is 2.13. The van der Waals surface area contributed by atoms with E-state index in [-0.39, 0.29) is 37.5 Å². The van der Waals surface area contributed by atoms with E-state index in [2.05, 4.69) is 22.2 Å². The predicted molar refractivity (Wildman–Crippen MR) is 101 cm³/mol. The molecule has 2 heterocycles. The summed E-state index contributed by atoms with van der Waals surface area (Å²) in [5.41, 5.74) is 0. The van der Waals surface area contributed by atoms with Gasteiger partial charge in [-0.3, -0.25) is 24.1 Å². The molecule has 4 amide bonds. The van der Waals surface area contributed by atoms with Crippen molar-refractivity contribution in [1.29, 1.82) is 0 Å². The summed E-state index contributed by atoms with van der Waals surface area (Å²) in [6.45, 7) is 4.55. The fourth-order valence-corrected chi connectivity index (χ4v) is 2.96. The van der Waals surface area contributed by atoms with Crippen molar-refractivity contribution < 1.29 is 28.8 Å². The van der Waals surface area contributed by atoms with Crippen LogP contribution in [-0.4, -0.2) is 109 Å². The number of amides is 4. The van der Waals surface area contributed by atoms with Crippen LogP contribution in [0.2, 0.25) is 0 Å². The molecule has 2 fully saturated rings. The first-order valence-corrected chi connectivity index (χ1v) is 9.74. The number of piperazine rings is 1. The van der Waals surface area contributed by atoms with Gasteiger partial charge >= 0.3 is 5.97 Å². The molecule has 1 N–H and O–H groups in total. The lowest BCUT2D eigenvalue weighted by Gasteiger charge is -2.31. The monoisotopic (exact) mass is 419 g/mol. The molecule has 0 unspecified atom stereocenters. The van der Waals surface area contributed by atoms with Crippen molar-refractivity contribution in [2.45, 2.75) is 25.7 Å². The lowest BCUT2D eigenvalue weighted by molar-refractivity contribution is -0.197. The van der Waals surface area contributed by atoms with Crippen LogP contribution in [0.1, 0.15) is 25.7 Å². The van der Waals surface area contributed by atoms with Crippen LogP contribution in [0.3, 0.4) is 0 Å². The second-order valence-corrected chi connectivity index (χ2v) is 7.29. The number of carbonyl (C=O) groups excluding carboxylic acids is 5. The normalized spacial score (nSPS) is 18.1. The van der Waals surface area contributed by atoms with Gasteiger partial charge < -0.3 is 20.0 Å². The highest BCUT2D eigenvalue weighted by molar-refractivity contribution is 6.01. The Hall–Kier alpha value is -2.53. The first kappa shape index (κ1) is 22.8. The summed E-state index contributed by atoms with van der Waals surface area (Å²) >= 11 is 0. The number of hydrogen-bond donors (Lipinski definition) is 1. The van der Waals surface area contributed by atoms with Crippen LogP contribution >= 0.6 is 0 Å². The molecule has 162 valence electrons. The lowest BCUT2D eigenvalue weighted by Crippen LogP contribution is -2.48. The van der Waals surface area contributed by atoms with E-state index in [0.717, 1.165) is 26.2 Å². The van der Waals surface area contributed by atoms with Gasteiger partial charge in [-0.05, 0) is 7.05 Å². The van der Waals surface area contributed by atoms with Gasteiger partial charge in [0.2, 0.25) is 11.8 Å². The number of nitrogens with zero attached hydrogens (tertiary/aromatic N) is 4. The van der Waals surface area contributed by atoms with Crippen molar-refractivity contribution >= 4 is 29.6 Å². The minimum absolute atomic E-state index is 0.0221. The second kappa shape index (κ2) is 10.9. The van der Waals surface area contributed by atoms with Crippen LogP contribution in [0.15, 0.2) is 0 Å². The van der Waals surface area contributed by atoms with Crippen LogP contribution in [-0.2, 0) is 28.8 Å². The number of hydroxylamine groups is 2. The minimum atomic E-state index is -0.809. The summed E-state index contributed by atoms with van der Waals surface area (Å²) in [6, 6.07) is 0. The third-order valence-corrected chi connectivity index (χ3v) is 4.90. The molecule has 0 aromatic carbocycles. The molecule has 0 saturated carbocycles. The Morgan fingerprint density at radius 2 is 1.66 bits per heavy atom. The summed E-state index contributed by atoms with van der Waals surface area (Å²) in [4.78, 5) is 69.0. The Labute approximate surface area is 169 Å². The van der Waals surface area contributed by atoms with E-state index in [9.17, 15) is 24.0 Å². The van der Waals surface area contributed by atoms with Crippen molar-refractivity contribution in [2.24, 2.45) is 0 Å². The van der Waals surface area contributed by atoms with E-state index >= 15 is 0 Å². The first-order valence-electron chi connectivity index (χ1n) is 9.74. The van der Waals surface area contributed by atoms with E-state index in [1.54, 1.807) is 7.05 Å². The molecule has 2 aliphatic rings. The quantitative estimate of drug-likeness (QED) is 0.264. The Morgan fingerprint density at radius 3 is 2.28 bits per heavy atom. The third kappa shape index (κ3) is 7.42. The number of imide groups is 1. The van der Waals surface area contributed by atoms with Gasteiger partial charge in [-0.25, -0.2) is 4.79 Å². The van der Waals surface area contributed by atoms with Gasteiger partial charge in [-0.15, -0.1) is 5.06 Å². The molecule has 0 aromatic rings. The van der Waals surface area contributed by atoms with E-state index in [1.165, 1.54) is 4.90 Å². The predicted octanol–water partition coefficient (Wildman–Crippen LogP) is -1.80. The van der Waals surface area contributed by atoms with Crippen molar-refractivity contribution in [3.8, 4) is 0 Å². The molecule has 0 atom stereocenters. The molecule has 2 rings (SSSR count). The molecular weight excluding hydrogens is 390 g/mol. The Morgan fingerprint density at radius 1 is 1.03 bits per heavy atom.